The van der Waals surface area contributed by atoms with Crippen molar-refractivity contribution in [3.8, 4) is 5.75 Å². The van der Waals surface area contributed by atoms with Crippen LogP contribution in [-0.4, -0.2) is 27.6 Å². The number of hydrogen-bond acceptors (Lipinski definition) is 6. The molecule has 0 saturated heterocycles. The van der Waals surface area contributed by atoms with E-state index in [-0.39, 0.29) is 12.9 Å². The van der Waals surface area contributed by atoms with Crippen LogP contribution in [0.5, 0.6) is 5.75 Å². The van der Waals surface area contributed by atoms with Gasteiger partial charge in [0.25, 0.3) is 0 Å². The van der Waals surface area contributed by atoms with Gasteiger partial charge in [-0.05, 0) is 38.8 Å². The fourth-order valence-electron chi connectivity index (χ4n) is 4.29. The fraction of sp³-hybridized carbons (Fsp3) is 0.308. The van der Waals surface area contributed by atoms with Crippen molar-refractivity contribution >= 4 is 11.0 Å². The lowest BCUT2D eigenvalue weighted by atomic mass is 10.1. The van der Waals surface area contributed by atoms with Crippen LogP contribution in [0, 0.1) is 27.7 Å². The zero-order valence-corrected chi connectivity index (χ0v) is 19.3. The molecule has 1 atom stereocenters. The van der Waals surface area contributed by atoms with Crippen molar-refractivity contribution in [2.24, 2.45) is 0 Å². The van der Waals surface area contributed by atoms with Crippen molar-refractivity contribution in [2.75, 3.05) is 6.79 Å². The van der Waals surface area contributed by atoms with Gasteiger partial charge in [0.05, 0.1) is 17.8 Å². The van der Waals surface area contributed by atoms with Crippen LogP contribution in [0.25, 0.3) is 11.0 Å². The molecule has 1 aromatic carbocycles. The predicted octanol–water partition coefficient (Wildman–Crippen LogP) is 5.14. The maximum atomic E-state index is 6.63. The number of fused-ring (bicyclic) bond motifs is 1. The van der Waals surface area contributed by atoms with Gasteiger partial charge in [0.1, 0.15) is 23.3 Å². The van der Waals surface area contributed by atoms with Crippen LogP contribution in [0.1, 0.15) is 33.8 Å². The number of ether oxygens (including phenoxy) is 3. The third kappa shape index (κ3) is 3.95. The monoisotopic (exact) mass is 445 g/mol. The highest BCUT2D eigenvalue weighted by atomic mass is 16.7. The average Bonchev–Trinajstić information content (AvgIpc) is 3.53. The molecule has 0 spiro atoms. The number of nitrogens with zero attached hydrogens (tertiary/aromatic N) is 3. The van der Waals surface area contributed by atoms with Gasteiger partial charge in [0, 0.05) is 29.9 Å². The van der Waals surface area contributed by atoms with Gasteiger partial charge in [-0.25, -0.2) is 0 Å². The molecule has 4 aromatic rings. The van der Waals surface area contributed by atoms with Crippen LogP contribution >= 0.6 is 0 Å². The maximum Gasteiger partial charge on any atom is 0.230 e. The van der Waals surface area contributed by atoms with Crippen LogP contribution in [-0.2, 0) is 22.4 Å². The summed E-state index contributed by atoms with van der Waals surface area (Å²) in [7, 11) is 0. The highest BCUT2D eigenvalue weighted by Crippen LogP contribution is 2.34. The van der Waals surface area contributed by atoms with Crippen LogP contribution in [0.3, 0.4) is 0 Å². The molecule has 1 aliphatic heterocycles. The second kappa shape index (κ2) is 8.65. The molecule has 0 radical (unpaired) electrons. The molecule has 3 aromatic heterocycles. The van der Waals surface area contributed by atoms with E-state index in [1.807, 2.05) is 38.1 Å². The van der Waals surface area contributed by atoms with Gasteiger partial charge in [-0.3, -0.25) is 4.98 Å². The van der Waals surface area contributed by atoms with Crippen molar-refractivity contribution in [1.29, 1.82) is 0 Å². The third-order valence-electron chi connectivity index (χ3n) is 6.30. The fourth-order valence-corrected chi connectivity index (χ4v) is 4.29. The summed E-state index contributed by atoms with van der Waals surface area (Å²) in [5, 5.41) is 4.13. The first-order valence-corrected chi connectivity index (χ1v) is 11.0. The van der Waals surface area contributed by atoms with Crippen molar-refractivity contribution in [2.45, 2.75) is 46.8 Å². The Balaban J connectivity index is 1.57. The van der Waals surface area contributed by atoms with Crippen molar-refractivity contribution in [3.63, 3.8) is 0 Å². The summed E-state index contributed by atoms with van der Waals surface area (Å²) < 4.78 is 25.3. The maximum absolute atomic E-state index is 6.63. The molecule has 1 aliphatic rings. The van der Waals surface area contributed by atoms with Gasteiger partial charge in [0.15, 0.2) is 11.9 Å². The Hall–Kier alpha value is -3.74. The number of rotatable bonds is 7. The minimum absolute atomic E-state index is 0.205. The van der Waals surface area contributed by atoms with E-state index in [9.17, 15) is 0 Å². The lowest BCUT2D eigenvalue weighted by Gasteiger charge is -2.20. The molecule has 0 amide bonds. The Morgan fingerprint density at radius 3 is 2.61 bits per heavy atom. The Bertz CT molecular complexity index is 1300. The molecular formula is C26H27N3O4. The topological polar surface area (TPSA) is 71.5 Å². The van der Waals surface area contributed by atoms with Crippen molar-refractivity contribution in [3.05, 3.63) is 88.5 Å². The molecule has 0 N–H and O–H groups in total. The smallest absolute Gasteiger partial charge is 0.230 e. The number of benzene rings is 1. The number of aromatic nitrogens is 3. The number of aryl methyl sites for hydroxylation is 3. The quantitative estimate of drug-likeness (QED) is 0.392. The van der Waals surface area contributed by atoms with Gasteiger partial charge < -0.3 is 23.3 Å². The van der Waals surface area contributed by atoms with Crippen LogP contribution < -0.4 is 4.74 Å². The van der Waals surface area contributed by atoms with E-state index >= 15 is 0 Å². The molecule has 0 aliphatic carbocycles. The Labute approximate surface area is 192 Å². The Morgan fingerprint density at radius 2 is 1.91 bits per heavy atom. The summed E-state index contributed by atoms with van der Waals surface area (Å²) in [4.78, 5) is 4.68. The van der Waals surface area contributed by atoms with E-state index in [0.29, 0.717) is 18.7 Å². The normalized spacial score (nSPS) is 14.1. The van der Waals surface area contributed by atoms with E-state index in [1.54, 1.807) is 12.5 Å². The first-order chi connectivity index (χ1) is 16.0. The summed E-state index contributed by atoms with van der Waals surface area (Å²) in [5.41, 5.74) is 7.25. The van der Waals surface area contributed by atoms with Crippen molar-refractivity contribution < 1.29 is 18.7 Å². The van der Waals surface area contributed by atoms with Crippen LogP contribution in [0.4, 0.5) is 0 Å². The van der Waals surface area contributed by atoms with Crippen LogP contribution in [0.2, 0.25) is 0 Å². The molecule has 0 bridgehead atoms. The largest absolute Gasteiger partial charge is 0.480 e. The molecule has 7 heteroatoms. The van der Waals surface area contributed by atoms with Crippen LogP contribution in [0.15, 0.2) is 59.1 Å². The molecule has 4 heterocycles. The molecule has 0 saturated carbocycles. The highest BCUT2D eigenvalue weighted by Gasteiger charge is 2.26. The summed E-state index contributed by atoms with van der Waals surface area (Å²) in [6.07, 6.45) is 3.77. The van der Waals surface area contributed by atoms with Crippen molar-refractivity contribution in [1.82, 2.24) is 14.7 Å². The third-order valence-corrected chi connectivity index (χ3v) is 6.30. The van der Waals surface area contributed by atoms with E-state index in [4.69, 9.17) is 18.7 Å². The Morgan fingerprint density at radius 1 is 1.09 bits per heavy atom. The van der Waals surface area contributed by atoms with E-state index < -0.39 is 0 Å². The van der Waals surface area contributed by atoms with Gasteiger partial charge >= 0.3 is 0 Å². The predicted molar refractivity (Wildman–Crippen MR) is 124 cm³/mol. The highest BCUT2D eigenvalue weighted by molar-refractivity contribution is 5.86. The van der Waals surface area contributed by atoms with Gasteiger partial charge in [-0.15, -0.1) is 0 Å². The zero-order chi connectivity index (χ0) is 22.9. The van der Waals surface area contributed by atoms with E-state index in [1.165, 1.54) is 0 Å². The SMILES string of the molecule is Cc1noc(C)c1Cn1c(C)c(C)c2nccc(OC(Cc3ccccc3)C3=COCO3)c21. The number of pyridine rings is 1. The standard InChI is InChI=1S/C26H27N3O4/c1-16-18(3)29(13-21-17(2)28-33-19(21)4)26-22(10-11-27-25(16)26)32-23(24-14-30-15-31-24)12-20-8-6-5-7-9-20/h5-11,14,23H,12-13,15H2,1-4H3. The van der Waals surface area contributed by atoms with E-state index in [2.05, 4.69) is 40.7 Å². The van der Waals surface area contributed by atoms with Gasteiger partial charge in [-0.2, -0.15) is 0 Å². The number of hydrogen-bond donors (Lipinski definition) is 0. The average molecular weight is 446 g/mol. The summed E-state index contributed by atoms with van der Waals surface area (Å²) in [6, 6.07) is 12.2. The minimum Gasteiger partial charge on any atom is -0.480 e. The first-order valence-electron chi connectivity index (χ1n) is 11.0. The molecule has 0 fully saturated rings. The Kier molecular flexibility index (Phi) is 5.54. The summed E-state index contributed by atoms with van der Waals surface area (Å²) in [6.45, 7) is 8.95. The molecule has 5 rings (SSSR count). The molecule has 33 heavy (non-hydrogen) atoms. The molecule has 1 unspecified atom stereocenters. The second-order valence-corrected chi connectivity index (χ2v) is 8.35. The van der Waals surface area contributed by atoms with Gasteiger partial charge in [-0.1, -0.05) is 35.5 Å². The lowest BCUT2D eigenvalue weighted by molar-refractivity contribution is 0.0559. The summed E-state index contributed by atoms with van der Waals surface area (Å²) >= 11 is 0. The summed E-state index contributed by atoms with van der Waals surface area (Å²) in [5.74, 6) is 2.25. The first kappa shape index (κ1) is 21.1. The molecule has 170 valence electrons. The zero-order valence-electron chi connectivity index (χ0n) is 19.3. The lowest BCUT2D eigenvalue weighted by Crippen LogP contribution is -2.23. The minimum atomic E-state index is -0.330. The molecular weight excluding hydrogens is 418 g/mol. The second-order valence-electron chi connectivity index (χ2n) is 8.35. The van der Waals surface area contributed by atoms with E-state index in [0.717, 1.165) is 50.6 Å². The molecule has 7 nitrogen and oxygen atoms in total. The van der Waals surface area contributed by atoms with Gasteiger partial charge in [0.2, 0.25) is 6.79 Å².